The zero-order valence-corrected chi connectivity index (χ0v) is 13.2. The average molecular weight is 343 g/mol. The zero-order valence-electron chi connectivity index (χ0n) is 13.2. The number of ether oxygens (including phenoxy) is 1. The molecular formula is C16H17N5O4. The summed E-state index contributed by atoms with van der Waals surface area (Å²) in [6.07, 6.45) is 1.56. The smallest absolute Gasteiger partial charge is 0.206 e. The predicted molar refractivity (Wildman–Crippen MR) is 98.1 cm³/mol. The number of rotatable bonds is 4. The van der Waals surface area contributed by atoms with Crippen molar-refractivity contribution in [3.05, 3.63) is 35.0 Å². The van der Waals surface area contributed by atoms with Crippen LogP contribution in [0.3, 0.4) is 0 Å². The molecule has 130 valence electrons. The summed E-state index contributed by atoms with van der Waals surface area (Å²) < 4.78 is 11.2. The van der Waals surface area contributed by atoms with Crippen LogP contribution >= 0.6 is 0 Å². The summed E-state index contributed by atoms with van der Waals surface area (Å²) >= 11 is 0. The lowest BCUT2D eigenvalue weighted by atomic mass is 10.1. The van der Waals surface area contributed by atoms with E-state index in [0.29, 0.717) is 5.75 Å². The van der Waals surface area contributed by atoms with Gasteiger partial charge in [0.25, 0.3) is 0 Å². The van der Waals surface area contributed by atoms with Gasteiger partial charge in [-0.3, -0.25) is 4.79 Å². The standard InChI is InChI=1S/C16H17N5O4/c1-2-3-23-6-4-7-9(8(5-6)25-21)15(22)10-11(17)12(18)13(19)14(20)16(10)24-7/h2,4-5H,1,3,17-21H2. The number of hydrogen-bond acceptors (Lipinski definition) is 9. The van der Waals surface area contributed by atoms with E-state index < -0.39 is 5.43 Å². The van der Waals surface area contributed by atoms with Crippen LogP contribution in [0.5, 0.6) is 11.5 Å². The maximum Gasteiger partial charge on any atom is 0.206 e. The monoisotopic (exact) mass is 343 g/mol. The van der Waals surface area contributed by atoms with E-state index in [4.69, 9.17) is 42.8 Å². The molecular weight excluding hydrogens is 326 g/mol. The Kier molecular flexibility index (Phi) is 3.78. The highest BCUT2D eigenvalue weighted by Gasteiger charge is 2.21. The molecule has 0 aliphatic rings. The predicted octanol–water partition coefficient (Wildman–Crippen LogP) is 1.09. The maximum absolute atomic E-state index is 12.9. The van der Waals surface area contributed by atoms with E-state index in [2.05, 4.69) is 6.58 Å². The van der Waals surface area contributed by atoms with Gasteiger partial charge in [-0.05, 0) is 0 Å². The Morgan fingerprint density at radius 3 is 2.36 bits per heavy atom. The normalized spacial score (nSPS) is 10.9. The van der Waals surface area contributed by atoms with Crippen LogP contribution in [0.1, 0.15) is 0 Å². The van der Waals surface area contributed by atoms with Gasteiger partial charge in [-0.15, -0.1) is 0 Å². The molecule has 0 unspecified atom stereocenters. The van der Waals surface area contributed by atoms with Gasteiger partial charge in [0.15, 0.2) is 11.3 Å². The van der Waals surface area contributed by atoms with Gasteiger partial charge in [-0.2, -0.15) is 5.90 Å². The third-order valence-corrected chi connectivity index (χ3v) is 3.81. The number of nitrogen functional groups attached to an aromatic ring is 4. The van der Waals surface area contributed by atoms with Crippen molar-refractivity contribution >= 4 is 44.7 Å². The van der Waals surface area contributed by atoms with Gasteiger partial charge in [-0.25, -0.2) is 0 Å². The van der Waals surface area contributed by atoms with Crippen molar-refractivity contribution in [1.29, 1.82) is 0 Å². The minimum Gasteiger partial charge on any atom is -0.489 e. The second-order valence-electron chi connectivity index (χ2n) is 5.30. The second kappa shape index (κ2) is 5.80. The third kappa shape index (κ3) is 2.34. The molecule has 0 radical (unpaired) electrons. The molecule has 9 nitrogen and oxygen atoms in total. The molecule has 0 saturated heterocycles. The van der Waals surface area contributed by atoms with E-state index in [1.807, 2.05) is 0 Å². The van der Waals surface area contributed by atoms with E-state index in [0.717, 1.165) is 0 Å². The van der Waals surface area contributed by atoms with E-state index in [-0.39, 0.29) is 57.0 Å². The summed E-state index contributed by atoms with van der Waals surface area (Å²) in [6.45, 7) is 3.81. The van der Waals surface area contributed by atoms with Crippen molar-refractivity contribution in [2.45, 2.75) is 0 Å². The molecule has 0 fully saturated rings. The number of fused-ring (bicyclic) bond motifs is 2. The van der Waals surface area contributed by atoms with Gasteiger partial charge in [-0.1, -0.05) is 12.7 Å². The van der Waals surface area contributed by atoms with Gasteiger partial charge < -0.3 is 36.9 Å². The molecule has 0 spiro atoms. The Bertz CT molecular complexity index is 1070. The first-order valence-electron chi connectivity index (χ1n) is 7.17. The fourth-order valence-electron chi connectivity index (χ4n) is 2.57. The topological polar surface area (TPSA) is 179 Å². The van der Waals surface area contributed by atoms with Crippen LogP contribution in [-0.2, 0) is 0 Å². The summed E-state index contributed by atoms with van der Waals surface area (Å²) in [5.41, 5.74) is 23.3. The Hall–Kier alpha value is -3.59. The lowest BCUT2D eigenvalue weighted by molar-refractivity contribution is 0.329. The van der Waals surface area contributed by atoms with Crippen LogP contribution in [0.15, 0.2) is 34.0 Å². The number of anilines is 4. The van der Waals surface area contributed by atoms with Crippen molar-refractivity contribution < 1.29 is 14.0 Å². The molecule has 1 aromatic heterocycles. The van der Waals surface area contributed by atoms with Crippen molar-refractivity contribution in [2.75, 3.05) is 29.5 Å². The van der Waals surface area contributed by atoms with Gasteiger partial charge in [0.2, 0.25) is 5.43 Å². The second-order valence-corrected chi connectivity index (χ2v) is 5.30. The minimum atomic E-state index is -0.497. The summed E-state index contributed by atoms with van der Waals surface area (Å²) in [4.78, 5) is 17.8. The maximum atomic E-state index is 12.9. The number of benzene rings is 2. The molecule has 0 aliphatic heterocycles. The lowest BCUT2D eigenvalue weighted by Crippen LogP contribution is -2.13. The summed E-state index contributed by atoms with van der Waals surface area (Å²) in [5.74, 6) is 5.71. The van der Waals surface area contributed by atoms with Crippen LogP contribution < -0.4 is 43.8 Å². The molecule has 0 amide bonds. The molecule has 0 atom stereocenters. The summed E-state index contributed by atoms with van der Waals surface area (Å²) in [5, 5.41) is 0.0889. The van der Waals surface area contributed by atoms with E-state index in [1.165, 1.54) is 12.1 Å². The average Bonchev–Trinajstić information content (AvgIpc) is 2.61. The van der Waals surface area contributed by atoms with Crippen LogP contribution in [0.4, 0.5) is 22.7 Å². The molecule has 0 aliphatic carbocycles. The summed E-state index contributed by atoms with van der Waals surface area (Å²) in [6, 6.07) is 2.96. The first-order valence-corrected chi connectivity index (χ1v) is 7.17. The van der Waals surface area contributed by atoms with Crippen molar-refractivity contribution in [2.24, 2.45) is 5.90 Å². The van der Waals surface area contributed by atoms with Gasteiger partial charge in [0.1, 0.15) is 29.0 Å². The number of hydrogen-bond donors (Lipinski definition) is 5. The molecule has 2 aromatic carbocycles. The molecule has 3 rings (SSSR count). The van der Waals surface area contributed by atoms with Gasteiger partial charge in [0.05, 0.1) is 22.4 Å². The van der Waals surface area contributed by atoms with Crippen LogP contribution in [-0.4, -0.2) is 6.61 Å². The Labute approximate surface area is 141 Å². The molecule has 1 heterocycles. The highest BCUT2D eigenvalue weighted by atomic mass is 16.6. The Morgan fingerprint density at radius 1 is 1.04 bits per heavy atom. The van der Waals surface area contributed by atoms with Crippen LogP contribution in [0, 0.1) is 0 Å². The molecule has 10 N–H and O–H groups in total. The fourth-order valence-corrected chi connectivity index (χ4v) is 2.57. The van der Waals surface area contributed by atoms with Crippen LogP contribution in [0.25, 0.3) is 21.9 Å². The summed E-state index contributed by atoms with van der Waals surface area (Å²) in [7, 11) is 0. The molecule has 0 bridgehead atoms. The van der Waals surface area contributed by atoms with Crippen molar-refractivity contribution in [1.82, 2.24) is 0 Å². The molecule has 3 aromatic rings. The van der Waals surface area contributed by atoms with Crippen LogP contribution in [0.2, 0.25) is 0 Å². The largest absolute Gasteiger partial charge is 0.489 e. The SMILES string of the molecule is C=CCOc1cc(ON)c2c(=O)c3c(N)c(N)c(N)c(N)c3oc2c1. The van der Waals surface area contributed by atoms with E-state index in [1.54, 1.807) is 6.08 Å². The minimum absolute atomic E-state index is 0.00904. The molecule has 0 saturated carbocycles. The fraction of sp³-hybridized carbons (Fsp3) is 0.0625. The zero-order chi connectivity index (χ0) is 18.3. The molecule has 25 heavy (non-hydrogen) atoms. The Morgan fingerprint density at radius 2 is 1.72 bits per heavy atom. The van der Waals surface area contributed by atoms with Gasteiger partial charge in [0, 0.05) is 12.1 Å². The van der Waals surface area contributed by atoms with E-state index in [9.17, 15) is 4.79 Å². The van der Waals surface area contributed by atoms with Crippen molar-refractivity contribution in [3.63, 3.8) is 0 Å². The van der Waals surface area contributed by atoms with E-state index >= 15 is 0 Å². The quantitative estimate of drug-likeness (QED) is 0.200. The first kappa shape index (κ1) is 16.3. The third-order valence-electron chi connectivity index (χ3n) is 3.81. The van der Waals surface area contributed by atoms with Gasteiger partial charge >= 0.3 is 0 Å². The highest BCUT2D eigenvalue weighted by Crippen LogP contribution is 2.40. The first-order chi connectivity index (χ1) is 11.9. The number of nitrogens with two attached hydrogens (primary N) is 5. The lowest BCUT2D eigenvalue weighted by Gasteiger charge is -2.13. The highest BCUT2D eigenvalue weighted by molar-refractivity contribution is 6.11. The Balaban J connectivity index is 2.49. The molecule has 9 heteroatoms. The van der Waals surface area contributed by atoms with Crippen molar-refractivity contribution in [3.8, 4) is 11.5 Å².